The number of ether oxygens (including phenoxy) is 1. The first-order chi connectivity index (χ1) is 14.3. The first kappa shape index (κ1) is 21.6. The Hall–Kier alpha value is -3.14. The minimum absolute atomic E-state index is 0.0168. The number of anilines is 1. The molecule has 0 unspecified atom stereocenters. The Morgan fingerprint density at radius 3 is 2.57 bits per heavy atom. The van der Waals surface area contributed by atoms with E-state index < -0.39 is 21.8 Å². The van der Waals surface area contributed by atoms with Crippen LogP contribution in [-0.4, -0.2) is 38.0 Å². The molecule has 0 atom stereocenters. The fourth-order valence-electron chi connectivity index (χ4n) is 2.64. The van der Waals surface area contributed by atoms with Gasteiger partial charge in [0.05, 0.1) is 22.8 Å². The molecule has 1 fully saturated rings. The van der Waals surface area contributed by atoms with E-state index in [9.17, 15) is 22.4 Å². The zero-order chi connectivity index (χ0) is 21.7. The number of halogens is 1. The normalized spacial score (nSPS) is 13.5. The predicted octanol–water partition coefficient (Wildman–Crippen LogP) is 2.76. The summed E-state index contributed by atoms with van der Waals surface area (Å²) in [7, 11) is -4.16. The molecule has 3 rings (SSSR count). The van der Waals surface area contributed by atoms with Gasteiger partial charge >= 0.3 is 5.97 Å². The van der Waals surface area contributed by atoms with Crippen LogP contribution in [0.25, 0.3) is 0 Å². The van der Waals surface area contributed by atoms with Crippen molar-refractivity contribution in [3.63, 3.8) is 0 Å². The lowest BCUT2D eigenvalue weighted by Gasteiger charge is -2.13. The predicted molar refractivity (Wildman–Crippen MR) is 107 cm³/mol. The summed E-state index contributed by atoms with van der Waals surface area (Å²) >= 11 is 0. The van der Waals surface area contributed by atoms with Crippen molar-refractivity contribution in [3.8, 4) is 5.75 Å². The van der Waals surface area contributed by atoms with Gasteiger partial charge in [0.25, 0.3) is 15.9 Å². The Bertz CT molecular complexity index is 1050. The van der Waals surface area contributed by atoms with Crippen LogP contribution in [0.5, 0.6) is 5.75 Å². The highest BCUT2D eigenvalue weighted by atomic mass is 32.2. The lowest BCUT2D eigenvalue weighted by molar-refractivity contribution is -0.137. The zero-order valence-corrected chi connectivity index (χ0v) is 16.7. The molecule has 8 nitrogen and oxygen atoms in total. The summed E-state index contributed by atoms with van der Waals surface area (Å²) in [5.41, 5.74) is 0.261. The number of carboxylic acid groups (broad SMARTS) is 1. The smallest absolute Gasteiger partial charge is 0.303 e. The average Bonchev–Trinajstić information content (AvgIpc) is 3.50. The summed E-state index contributed by atoms with van der Waals surface area (Å²) in [6.45, 7) is -0.0168. The van der Waals surface area contributed by atoms with E-state index >= 15 is 0 Å². The molecular weight excluding hydrogens is 415 g/mol. The molecule has 0 spiro atoms. The summed E-state index contributed by atoms with van der Waals surface area (Å²) in [5.74, 6) is -2.44. The van der Waals surface area contributed by atoms with Crippen LogP contribution in [-0.2, 0) is 14.8 Å². The maximum absolute atomic E-state index is 14.3. The van der Waals surface area contributed by atoms with Crippen molar-refractivity contribution in [2.75, 3.05) is 11.3 Å². The number of hydrogen-bond acceptors (Lipinski definition) is 5. The highest BCUT2D eigenvalue weighted by Gasteiger charge is 2.26. The number of carboxylic acids is 1. The molecule has 1 amide bonds. The first-order valence-electron chi connectivity index (χ1n) is 9.33. The molecule has 0 aromatic heterocycles. The highest BCUT2D eigenvalue weighted by Crippen LogP contribution is 2.25. The van der Waals surface area contributed by atoms with Crippen molar-refractivity contribution >= 4 is 27.6 Å². The molecule has 0 saturated heterocycles. The Morgan fingerprint density at radius 1 is 1.17 bits per heavy atom. The Balaban J connectivity index is 1.72. The largest absolute Gasteiger partial charge is 0.491 e. The van der Waals surface area contributed by atoms with Gasteiger partial charge in [0.15, 0.2) is 11.6 Å². The number of aliphatic carboxylic acids is 1. The van der Waals surface area contributed by atoms with Gasteiger partial charge in [0, 0.05) is 12.5 Å². The standard InChI is InChI=1S/C20H21FN2O6S/c21-16-12-14(9-10-18(16)29-11-3-6-19(24)25)30(27,28)23-17-5-2-1-4-15(17)20(26)22-13-7-8-13/h1-2,4-5,9-10,12-13,23H,3,6-8,11H2,(H,22,26)(H,24,25). The van der Waals surface area contributed by atoms with Crippen LogP contribution in [0.15, 0.2) is 47.4 Å². The Kier molecular flexibility index (Phi) is 6.56. The van der Waals surface area contributed by atoms with Crippen LogP contribution >= 0.6 is 0 Å². The highest BCUT2D eigenvalue weighted by molar-refractivity contribution is 7.92. The van der Waals surface area contributed by atoms with Gasteiger partial charge in [0.1, 0.15) is 0 Å². The molecule has 1 aliphatic carbocycles. The van der Waals surface area contributed by atoms with Crippen molar-refractivity contribution in [3.05, 3.63) is 53.8 Å². The second kappa shape index (κ2) is 9.12. The van der Waals surface area contributed by atoms with E-state index in [4.69, 9.17) is 9.84 Å². The van der Waals surface area contributed by atoms with Gasteiger partial charge in [-0.2, -0.15) is 0 Å². The Morgan fingerprint density at radius 2 is 1.90 bits per heavy atom. The lowest BCUT2D eigenvalue weighted by atomic mass is 10.1. The van der Waals surface area contributed by atoms with Crippen LogP contribution in [0.4, 0.5) is 10.1 Å². The monoisotopic (exact) mass is 436 g/mol. The molecule has 2 aromatic rings. The summed E-state index contributed by atoms with van der Waals surface area (Å²) in [4.78, 5) is 22.5. The lowest BCUT2D eigenvalue weighted by Crippen LogP contribution is -2.27. The summed E-state index contributed by atoms with van der Waals surface area (Å²) in [6, 6.07) is 9.42. The molecule has 160 valence electrons. The molecule has 10 heteroatoms. The summed E-state index contributed by atoms with van der Waals surface area (Å²) in [6.07, 6.45) is 1.86. The molecule has 1 aliphatic rings. The van der Waals surface area contributed by atoms with E-state index in [2.05, 4.69) is 10.0 Å². The molecule has 0 aliphatic heterocycles. The number of carbonyl (C=O) groups is 2. The minimum atomic E-state index is -4.16. The van der Waals surface area contributed by atoms with E-state index in [0.29, 0.717) is 0 Å². The van der Waals surface area contributed by atoms with Crippen LogP contribution < -0.4 is 14.8 Å². The quantitative estimate of drug-likeness (QED) is 0.493. The molecule has 1 saturated carbocycles. The van der Waals surface area contributed by atoms with Gasteiger partial charge < -0.3 is 15.2 Å². The molecule has 30 heavy (non-hydrogen) atoms. The van der Waals surface area contributed by atoms with Gasteiger partial charge in [-0.1, -0.05) is 12.1 Å². The number of amides is 1. The van der Waals surface area contributed by atoms with Crippen molar-refractivity contribution in [1.29, 1.82) is 0 Å². The fraction of sp³-hybridized carbons (Fsp3) is 0.300. The van der Waals surface area contributed by atoms with Crippen molar-refractivity contribution in [1.82, 2.24) is 5.32 Å². The third-order valence-electron chi connectivity index (χ3n) is 4.33. The van der Waals surface area contributed by atoms with Gasteiger partial charge in [-0.15, -0.1) is 0 Å². The zero-order valence-electron chi connectivity index (χ0n) is 15.9. The molecule has 0 heterocycles. The minimum Gasteiger partial charge on any atom is -0.491 e. The van der Waals surface area contributed by atoms with Crippen LogP contribution in [0.3, 0.4) is 0 Å². The maximum atomic E-state index is 14.3. The van der Waals surface area contributed by atoms with Crippen molar-refractivity contribution in [2.24, 2.45) is 0 Å². The van der Waals surface area contributed by atoms with Gasteiger partial charge in [-0.3, -0.25) is 14.3 Å². The topological polar surface area (TPSA) is 122 Å². The number of carbonyl (C=O) groups excluding carboxylic acids is 1. The van der Waals surface area contributed by atoms with Crippen molar-refractivity contribution in [2.45, 2.75) is 36.6 Å². The Labute approximate surface area is 173 Å². The van der Waals surface area contributed by atoms with E-state index in [1.807, 2.05) is 0 Å². The number of nitrogens with one attached hydrogen (secondary N) is 2. The summed E-state index contributed by atoms with van der Waals surface area (Å²) in [5, 5.41) is 11.4. The number of hydrogen-bond donors (Lipinski definition) is 3. The maximum Gasteiger partial charge on any atom is 0.303 e. The molecule has 3 N–H and O–H groups in total. The first-order valence-corrected chi connectivity index (χ1v) is 10.8. The number of para-hydroxylation sites is 1. The van der Waals surface area contributed by atoms with Gasteiger partial charge in [0.2, 0.25) is 0 Å². The van der Waals surface area contributed by atoms with Gasteiger partial charge in [-0.05, 0) is 49.6 Å². The second-order valence-electron chi connectivity index (χ2n) is 6.84. The van der Waals surface area contributed by atoms with Crippen LogP contribution in [0.2, 0.25) is 0 Å². The van der Waals surface area contributed by atoms with E-state index in [-0.39, 0.29) is 53.3 Å². The van der Waals surface area contributed by atoms with Gasteiger partial charge in [-0.25, -0.2) is 12.8 Å². The molecule has 0 radical (unpaired) electrons. The number of rotatable bonds is 10. The third kappa shape index (κ3) is 5.69. The van der Waals surface area contributed by atoms with E-state index in [1.165, 1.54) is 18.2 Å². The second-order valence-corrected chi connectivity index (χ2v) is 8.52. The number of sulfonamides is 1. The van der Waals surface area contributed by atoms with E-state index in [1.54, 1.807) is 12.1 Å². The van der Waals surface area contributed by atoms with E-state index in [0.717, 1.165) is 25.0 Å². The number of benzene rings is 2. The molecule has 0 bridgehead atoms. The third-order valence-corrected chi connectivity index (χ3v) is 5.70. The SMILES string of the molecule is O=C(O)CCCOc1ccc(S(=O)(=O)Nc2ccccc2C(=O)NC2CC2)cc1F. The van der Waals surface area contributed by atoms with Crippen LogP contribution in [0, 0.1) is 5.82 Å². The summed E-state index contributed by atoms with van der Waals surface area (Å²) < 4.78 is 47.1. The van der Waals surface area contributed by atoms with Crippen molar-refractivity contribution < 1.29 is 32.2 Å². The average molecular weight is 436 g/mol. The fourth-order valence-corrected chi connectivity index (χ4v) is 3.73. The molecular formula is C20H21FN2O6S. The molecule has 2 aromatic carbocycles. The van der Waals surface area contributed by atoms with Crippen LogP contribution in [0.1, 0.15) is 36.0 Å².